The maximum Gasteiger partial charge on any atom is 0.0406 e. The number of hydrogen-bond acceptors (Lipinski definition) is 0. The summed E-state index contributed by atoms with van der Waals surface area (Å²) in [7, 11) is 0. The highest BCUT2D eigenvalue weighted by atomic mass is 35.5. The topological polar surface area (TPSA) is 0 Å². The van der Waals surface area contributed by atoms with Crippen molar-refractivity contribution >= 4 is 11.6 Å². The Labute approximate surface area is 85.9 Å². The van der Waals surface area contributed by atoms with Gasteiger partial charge in [-0.1, -0.05) is 37.6 Å². The molecule has 0 atom stereocenters. The van der Waals surface area contributed by atoms with Crippen LogP contribution in [-0.2, 0) is 5.41 Å². The Morgan fingerprint density at radius 3 is 2.00 bits per heavy atom. The van der Waals surface area contributed by atoms with Gasteiger partial charge in [0.15, 0.2) is 0 Å². The van der Waals surface area contributed by atoms with E-state index in [0.29, 0.717) is 0 Å². The van der Waals surface area contributed by atoms with E-state index in [-0.39, 0.29) is 5.41 Å². The zero-order valence-corrected chi connectivity index (χ0v) is 9.06. The Bertz CT molecular complexity index is 257. The van der Waals surface area contributed by atoms with Crippen LogP contribution in [0, 0.1) is 6.92 Å². The fourth-order valence-electron chi connectivity index (χ4n) is 1.46. The predicted octanol–water partition coefficient (Wildman–Crippen LogP) is 4.23. The number of benzene rings is 1. The van der Waals surface area contributed by atoms with Gasteiger partial charge in [-0.3, -0.25) is 0 Å². The van der Waals surface area contributed by atoms with E-state index in [0.717, 1.165) is 17.9 Å². The van der Waals surface area contributed by atoms with Crippen molar-refractivity contribution in [1.29, 1.82) is 0 Å². The molecule has 13 heavy (non-hydrogen) atoms. The highest BCUT2D eigenvalue weighted by Gasteiger charge is 2.21. The van der Waals surface area contributed by atoms with Gasteiger partial charge in [-0.15, -0.1) is 0 Å². The summed E-state index contributed by atoms with van der Waals surface area (Å²) in [5, 5.41) is 0.790. The minimum absolute atomic E-state index is 0.0601. The molecule has 0 heterocycles. The minimum atomic E-state index is 0.0601. The fourth-order valence-corrected chi connectivity index (χ4v) is 1.59. The average Bonchev–Trinajstić information content (AvgIpc) is 2.18. The van der Waals surface area contributed by atoms with Crippen molar-refractivity contribution in [3.05, 3.63) is 41.8 Å². The smallest absolute Gasteiger partial charge is 0.0406 e. The third-order valence-electron chi connectivity index (χ3n) is 2.81. The van der Waals surface area contributed by atoms with Crippen molar-refractivity contribution in [2.75, 3.05) is 0 Å². The van der Waals surface area contributed by atoms with E-state index in [1.165, 1.54) is 5.56 Å². The number of halogens is 1. The van der Waals surface area contributed by atoms with Gasteiger partial charge in [-0.05, 0) is 42.9 Å². The fraction of sp³-hybridized carbons (Fsp3) is 0.417. The van der Waals surface area contributed by atoms with Gasteiger partial charge in [-0.25, -0.2) is 0 Å². The van der Waals surface area contributed by atoms with Crippen LogP contribution in [0.5, 0.6) is 0 Å². The number of rotatable bonds is 3. The SMILES string of the molecule is [CH2]C(CC)(CC)c1ccc(Cl)cc1. The molecule has 0 amide bonds. The van der Waals surface area contributed by atoms with E-state index in [9.17, 15) is 0 Å². The van der Waals surface area contributed by atoms with Crippen molar-refractivity contribution in [2.45, 2.75) is 32.1 Å². The van der Waals surface area contributed by atoms with Gasteiger partial charge in [-0.2, -0.15) is 0 Å². The predicted molar refractivity (Wildman–Crippen MR) is 59.1 cm³/mol. The van der Waals surface area contributed by atoms with Crippen molar-refractivity contribution in [3.63, 3.8) is 0 Å². The second-order valence-corrected chi connectivity index (χ2v) is 3.93. The highest BCUT2D eigenvalue weighted by molar-refractivity contribution is 6.30. The quantitative estimate of drug-likeness (QED) is 0.677. The molecular weight excluding hydrogens is 180 g/mol. The van der Waals surface area contributed by atoms with Crippen molar-refractivity contribution in [2.24, 2.45) is 0 Å². The third-order valence-corrected chi connectivity index (χ3v) is 3.06. The first-order valence-corrected chi connectivity index (χ1v) is 5.11. The van der Waals surface area contributed by atoms with Crippen molar-refractivity contribution in [3.8, 4) is 0 Å². The van der Waals surface area contributed by atoms with Crippen LogP contribution in [-0.4, -0.2) is 0 Å². The zero-order valence-electron chi connectivity index (χ0n) is 8.31. The van der Waals surface area contributed by atoms with E-state index in [4.69, 9.17) is 11.6 Å². The molecule has 1 rings (SSSR count). The summed E-state index contributed by atoms with van der Waals surface area (Å²) in [6, 6.07) is 8.01. The minimum Gasteiger partial charge on any atom is -0.0843 e. The summed E-state index contributed by atoms with van der Waals surface area (Å²) < 4.78 is 0. The monoisotopic (exact) mass is 195 g/mol. The van der Waals surface area contributed by atoms with Gasteiger partial charge in [0.25, 0.3) is 0 Å². The van der Waals surface area contributed by atoms with Crippen molar-refractivity contribution in [1.82, 2.24) is 0 Å². The van der Waals surface area contributed by atoms with Crippen LogP contribution in [0.25, 0.3) is 0 Å². The third kappa shape index (κ3) is 2.25. The Morgan fingerprint density at radius 2 is 1.62 bits per heavy atom. The Kier molecular flexibility index (Phi) is 3.38. The van der Waals surface area contributed by atoms with Gasteiger partial charge in [0.05, 0.1) is 0 Å². The molecule has 1 radical (unpaired) electrons. The van der Waals surface area contributed by atoms with E-state index in [1.54, 1.807) is 0 Å². The lowest BCUT2D eigenvalue weighted by Crippen LogP contribution is -2.19. The van der Waals surface area contributed by atoms with Gasteiger partial charge >= 0.3 is 0 Å². The molecule has 0 nitrogen and oxygen atoms in total. The maximum absolute atomic E-state index is 5.83. The summed E-state index contributed by atoms with van der Waals surface area (Å²) in [5.41, 5.74) is 1.34. The summed E-state index contributed by atoms with van der Waals surface area (Å²) >= 11 is 5.83. The average molecular weight is 196 g/mol. The molecule has 71 valence electrons. The molecule has 0 spiro atoms. The Morgan fingerprint density at radius 1 is 1.15 bits per heavy atom. The summed E-state index contributed by atoms with van der Waals surface area (Å²) in [5.74, 6) is 0. The molecule has 0 saturated carbocycles. The van der Waals surface area contributed by atoms with Crippen LogP contribution in [0.3, 0.4) is 0 Å². The standard InChI is InChI=1S/C12H16Cl/c1-4-12(3,5-2)10-6-8-11(13)9-7-10/h6-9H,3-5H2,1-2H3. The lowest BCUT2D eigenvalue weighted by Gasteiger charge is -2.27. The second kappa shape index (κ2) is 4.15. The highest BCUT2D eigenvalue weighted by Crippen LogP contribution is 2.30. The van der Waals surface area contributed by atoms with Crippen LogP contribution in [0.2, 0.25) is 5.02 Å². The van der Waals surface area contributed by atoms with Crippen molar-refractivity contribution < 1.29 is 0 Å². The Hall–Kier alpha value is -0.490. The lowest BCUT2D eigenvalue weighted by atomic mass is 9.78. The molecular formula is C12H16Cl. The molecule has 0 N–H and O–H groups in total. The normalized spacial score (nSPS) is 11.7. The summed E-state index contributed by atoms with van der Waals surface area (Å²) in [6.07, 6.45) is 2.12. The van der Waals surface area contributed by atoms with E-state index in [2.05, 4.69) is 32.9 Å². The Balaban J connectivity index is 2.99. The maximum atomic E-state index is 5.83. The molecule has 0 aromatic heterocycles. The van der Waals surface area contributed by atoms with Gasteiger partial charge in [0.2, 0.25) is 0 Å². The second-order valence-electron chi connectivity index (χ2n) is 3.49. The van der Waals surface area contributed by atoms with Crippen LogP contribution in [0.1, 0.15) is 32.3 Å². The molecule has 1 heteroatoms. The molecule has 0 aliphatic carbocycles. The molecule has 0 saturated heterocycles. The van der Waals surface area contributed by atoms with Crippen LogP contribution in [0.15, 0.2) is 24.3 Å². The van der Waals surface area contributed by atoms with Gasteiger partial charge in [0.1, 0.15) is 0 Å². The lowest BCUT2D eigenvalue weighted by molar-refractivity contribution is 0.493. The summed E-state index contributed by atoms with van der Waals surface area (Å²) in [4.78, 5) is 0. The number of hydrogen-bond donors (Lipinski definition) is 0. The molecule has 0 fully saturated rings. The molecule has 1 aromatic carbocycles. The van der Waals surface area contributed by atoms with E-state index >= 15 is 0 Å². The molecule has 0 unspecified atom stereocenters. The first-order chi connectivity index (χ1) is 6.12. The molecule has 0 bridgehead atoms. The zero-order chi connectivity index (χ0) is 9.90. The molecule has 0 aliphatic rings. The first kappa shape index (κ1) is 10.6. The van der Waals surface area contributed by atoms with Crippen LogP contribution in [0.4, 0.5) is 0 Å². The van der Waals surface area contributed by atoms with Crippen LogP contribution >= 0.6 is 11.6 Å². The van der Waals surface area contributed by atoms with Gasteiger partial charge in [0, 0.05) is 5.02 Å². The van der Waals surface area contributed by atoms with E-state index < -0.39 is 0 Å². The van der Waals surface area contributed by atoms with Gasteiger partial charge < -0.3 is 0 Å². The molecule has 1 aromatic rings. The molecule has 0 aliphatic heterocycles. The summed E-state index contributed by atoms with van der Waals surface area (Å²) in [6.45, 7) is 8.61. The van der Waals surface area contributed by atoms with E-state index in [1.807, 2.05) is 12.1 Å². The largest absolute Gasteiger partial charge is 0.0843 e. The first-order valence-electron chi connectivity index (χ1n) is 4.74. The van der Waals surface area contributed by atoms with Crippen LogP contribution < -0.4 is 0 Å².